The van der Waals surface area contributed by atoms with E-state index in [0.717, 1.165) is 45.7 Å². The molecule has 0 amide bonds. The first kappa shape index (κ1) is 23.1. The zero-order chi connectivity index (χ0) is 23.2. The molecular formula is C27H35N3O2V. The predicted molar refractivity (Wildman–Crippen MR) is 131 cm³/mol. The van der Waals surface area contributed by atoms with Gasteiger partial charge in [-0.15, -0.1) is 0 Å². The number of fused-ring (bicyclic) bond motifs is 1. The number of likely N-dealkylation sites (tertiary alicyclic amines) is 1. The van der Waals surface area contributed by atoms with Crippen molar-refractivity contribution < 1.29 is 26.8 Å². The van der Waals surface area contributed by atoms with E-state index in [9.17, 15) is 5.11 Å². The second-order valence-electron chi connectivity index (χ2n) is 10.7. The summed E-state index contributed by atoms with van der Waals surface area (Å²) >= 11 is 2.73. The fraction of sp³-hybridized carbons (Fsp3) is 0.519. The number of morpholine rings is 1. The first-order valence-corrected chi connectivity index (χ1v) is 12.8. The van der Waals surface area contributed by atoms with Gasteiger partial charge in [0.25, 0.3) is 0 Å². The van der Waals surface area contributed by atoms with Gasteiger partial charge in [-0.3, -0.25) is 0 Å². The van der Waals surface area contributed by atoms with E-state index in [1.165, 1.54) is 32.4 Å². The molecule has 0 radical (unpaired) electrons. The molecule has 2 unspecified atom stereocenters. The van der Waals surface area contributed by atoms with Crippen LogP contribution in [0.1, 0.15) is 56.3 Å². The molecule has 2 fully saturated rings. The van der Waals surface area contributed by atoms with E-state index in [1.807, 2.05) is 6.92 Å². The Bertz CT molecular complexity index is 1050. The van der Waals surface area contributed by atoms with E-state index in [2.05, 4.69) is 88.4 Å². The third kappa shape index (κ3) is 4.80. The monoisotopic (exact) mass is 484 g/mol. The Morgan fingerprint density at radius 3 is 2.61 bits per heavy atom. The van der Waals surface area contributed by atoms with Crippen LogP contribution in [0.15, 0.2) is 42.5 Å². The van der Waals surface area contributed by atoms with Crippen molar-refractivity contribution in [2.24, 2.45) is 0 Å². The maximum absolute atomic E-state index is 10.4. The van der Waals surface area contributed by atoms with Crippen molar-refractivity contribution in [3.05, 3.63) is 59.2 Å². The molecule has 33 heavy (non-hydrogen) atoms. The molecule has 0 spiro atoms. The number of ether oxygens (including phenoxy) is 1. The molecule has 175 valence electrons. The summed E-state index contributed by atoms with van der Waals surface area (Å²) in [5, 5.41) is 14.2. The normalized spacial score (nSPS) is 27.1. The van der Waals surface area contributed by atoms with Gasteiger partial charge in [0.1, 0.15) is 0 Å². The first-order valence-electron chi connectivity index (χ1n) is 12.1. The van der Waals surface area contributed by atoms with Crippen LogP contribution >= 0.6 is 0 Å². The van der Waals surface area contributed by atoms with Gasteiger partial charge in [0, 0.05) is 0 Å². The van der Waals surface area contributed by atoms with Crippen molar-refractivity contribution in [2.45, 2.75) is 50.7 Å². The number of hydrogen-bond donors (Lipinski definition) is 2. The third-order valence-electron chi connectivity index (χ3n) is 7.45. The Balaban J connectivity index is 1.38. The summed E-state index contributed by atoms with van der Waals surface area (Å²) in [6.07, 6.45) is 1.86. The van der Waals surface area contributed by atoms with Gasteiger partial charge in [-0.2, -0.15) is 0 Å². The van der Waals surface area contributed by atoms with Crippen molar-refractivity contribution >= 4 is 15.7 Å². The Morgan fingerprint density at radius 1 is 1.09 bits per heavy atom. The molecule has 2 saturated heterocycles. The molecule has 6 heteroatoms. The van der Waals surface area contributed by atoms with E-state index in [0.29, 0.717) is 6.54 Å². The Labute approximate surface area is 206 Å². The van der Waals surface area contributed by atoms with E-state index in [1.54, 1.807) is 0 Å². The zero-order valence-corrected chi connectivity index (χ0v) is 21.4. The summed E-state index contributed by atoms with van der Waals surface area (Å²) in [4.78, 5) is 4.72. The molecule has 2 N–H and O–H groups in total. The summed E-state index contributed by atoms with van der Waals surface area (Å²) in [5.41, 5.74) is 5.93. The maximum atomic E-state index is 10.4. The van der Waals surface area contributed by atoms with Crippen molar-refractivity contribution in [1.82, 2.24) is 4.90 Å². The molecule has 3 aliphatic heterocycles. The number of aliphatic hydroxyl groups is 1. The molecule has 3 heterocycles. The average molecular weight is 485 g/mol. The minimum atomic E-state index is -0.594. The molecule has 2 atom stereocenters. The number of anilines is 2. The molecule has 0 aliphatic carbocycles. The quantitative estimate of drug-likeness (QED) is 0.691. The summed E-state index contributed by atoms with van der Waals surface area (Å²) in [5.74, 6) is 0. The van der Waals surface area contributed by atoms with Crippen LogP contribution in [0.2, 0.25) is 0 Å². The fourth-order valence-electron chi connectivity index (χ4n) is 5.50. The second-order valence-corrected chi connectivity index (χ2v) is 11.4. The van der Waals surface area contributed by atoms with Gasteiger partial charge in [0.2, 0.25) is 0 Å². The summed E-state index contributed by atoms with van der Waals surface area (Å²) in [6.45, 7) is 11.8. The van der Waals surface area contributed by atoms with E-state index in [4.69, 9.17) is 4.74 Å². The van der Waals surface area contributed by atoms with Gasteiger partial charge in [-0.25, -0.2) is 0 Å². The topological polar surface area (TPSA) is 48.0 Å². The number of hydrogen-bond acceptors (Lipinski definition) is 5. The third-order valence-corrected chi connectivity index (χ3v) is 8.30. The SMILES string of the molecule is CC1(O)CCN([C](=[V])c2ccc3c(c2)C(C)(C)CC(c2cccc(N4CCOCC4)c2)N3)C1. The van der Waals surface area contributed by atoms with Crippen molar-refractivity contribution in [3.63, 3.8) is 0 Å². The van der Waals surface area contributed by atoms with Crippen LogP contribution in [0.3, 0.4) is 0 Å². The summed E-state index contributed by atoms with van der Waals surface area (Å²) < 4.78 is 6.72. The van der Waals surface area contributed by atoms with Gasteiger partial charge >= 0.3 is 189 Å². The number of benzene rings is 2. The van der Waals surface area contributed by atoms with Crippen LogP contribution in [0.25, 0.3) is 0 Å². The van der Waals surface area contributed by atoms with E-state index < -0.39 is 5.60 Å². The van der Waals surface area contributed by atoms with Gasteiger partial charge < -0.3 is 4.74 Å². The standard InChI is InChI=1S/C27H35N3O2.V/c1-26(2)17-25(21-5-4-6-22(16-21)30-11-13-32-14-12-30)28-24-8-7-20(15-23(24)26)18-29-10-9-27(3,31)19-29;/h4-8,15-16,25,28,31H,9-14,17,19H2,1-3H3;. The van der Waals surface area contributed by atoms with Gasteiger partial charge in [-0.05, 0) is 0 Å². The van der Waals surface area contributed by atoms with Gasteiger partial charge in [0.15, 0.2) is 0 Å². The van der Waals surface area contributed by atoms with Crippen LogP contribution < -0.4 is 10.2 Å². The molecule has 5 rings (SSSR count). The van der Waals surface area contributed by atoms with Crippen LogP contribution in [0.4, 0.5) is 11.4 Å². The number of nitrogens with one attached hydrogen (secondary N) is 1. The molecule has 3 aliphatic rings. The van der Waals surface area contributed by atoms with Crippen LogP contribution in [0, 0.1) is 0 Å². The van der Waals surface area contributed by atoms with Crippen LogP contribution in [-0.4, -0.2) is 59.4 Å². The van der Waals surface area contributed by atoms with Gasteiger partial charge in [0.05, 0.1) is 13.2 Å². The van der Waals surface area contributed by atoms with Crippen molar-refractivity contribution in [1.29, 1.82) is 0 Å². The van der Waals surface area contributed by atoms with Crippen molar-refractivity contribution in [3.8, 4) is 0 Å². The zero-order valence-electron chi connectivity index (χ0n) is 20.0. The Morgan fingerprint density at radius 2 is 1.88 bits per heavy atom. The molecule has 2 aromatic rings. The molecule has 2 aromatic carbocycles. The average Bonchev–Trinajstić information content (AvgIpc) is 3.18. The number of β-amino-alcohol motifs (C(OH)–C–C–N with tert-alkyl or cyclic N) is 1. The van der Waals surface area contributed by atoms with E-state index >= 15 is 0 Å². The van der Waals surface area contributed by atoms with Gasteiger partial charge in [-0.1, -0.05) is 0 Å². The Kier molecular flexibility index (Phi) is 6.21. The van der Waals surface area contributed by atoms with Crippen molar-refractivity contribution in [2.75, 3.05) is 49.6 Å². The van der Waals surface area contributed by atoms with Crippen LogP contribution in [0.5, 0.6) is 0 Å². The van der Waals surface area contributed by atoms with Crippen LogP contribution in [-0.2, 0) is 27.1 Å². The number of rotatable bonds is 4. The Hall–Kier alpha value is -1.63. The molecule has 0 aromatic heterocycles. The fourth-order valence-corrected chi connectivity index (χ4v) is 5.98. The summed E-state index contributed by atoms with van der Waals surface area (Å²) in [7, 11) is 0. The summed E-state index contributed by atoms with van der Waals surface area (Å²) in [6, 6.07) is 16.1. The molecule has 0 saturated carbocycles. The van der Waals surface area contributed by atoms with E-state index in [-0.39, 0.29) is 11.5 Å². The molecule has 0 bridgehead atoms. The second kappa shape index (κ2) is 8.86. The molecule has 5 nitrogen and oxygen atoms in total. The predicted octanol–water partition coefficient (Wildman–Crippen LogP) is 3.84. The first-order chi connectivity index (χ1) is 15.7. The number of nitrogens with zero attached hydrogens (tertiary/aromatic N) is 2. The molecular weight excluding hydrogens is 449 g/mol. The minimum absolute atomic E-state index is 0.0556.